The van der Waals surface area contributed by atoms with Crippen molar-refractivity contribution in [2.75, 3.05) is 5.32 Å². The summed E-state index contributed by atoms with van der Waals surface area (Å²) in [7, 11) is 0. The number of aromatic amines is 1. The van der Waals surface area contributed by atoms with Crippen molar-refractivity contribution in [3.63, 3.8) is 0 Å². The molecule has 2 heterocycles. The van der Waals surface area contributed by atoms with Gasteiger partial charge in [-0.15, -0.1) is 0 Å². The summed E-state index contributed by atoms with van der Waals surface area (Å²) in [5, 5.41) is 13.1. The van der Waals surface area contributed by atoms with Crippen molar-refractivity contribution in [2.24, 2.45) is 0 Å². The predicted octanol–water partition coefficient (Wildman–Crippen LogP) is 2.73. The number of nitrogens with one attached hydrogen (secondary N) is 2. The highest BCUT2D eigenvalue weighted by atomic mass is 19.1. The van der Waals surface area contributed by atoms with Crippen molar-refractivity contribution in [1.82, 2.24) is 20.3 Å². The molecule has 0 spiro atoms. The molecule has 2 aromatic heterocycles. The van der Waals surface area contributed by atoms with Gasteiger partial charge in [-0.05, 0) is 31.0 Å². The van der Waals surface area contributed by atoms with E-state index in [0.29, 0.717) is 17.3 Å². The molecular weight excluding hydrogens is 301 g/mol. The molecule has 8 heteroatoms. The van der Waals surface area contributed by atoms with Crippen LogP contribution < -0.4 is 5.32 Å². The molecule has 7 nitrogen and oxygen atoms in total. The van der Waals surface area contributed by atoms with E-state index < -0.39 is 11.7 Å². The van der Waals surface area contributed by atoms with Gasteiger partial charge >= 0.3 is 0 Å². The first-order chi connectivity index (χ1) is 11.2. The summed E-state index contributed by atoms with van der Waals surface area (Å²) >= 11 is 0. The summed E-state index contributed by atoms with van der Waals surface area (Å²) in [5.41, 5.74) is 1.42. The molecule has 2 N–H and O–H groups in total. The molecule has 1 amide bonds. The molecule has 3 aromatic rings. The maximum Gasteiger partial charge on any atom is 0.298 e. The van der Waals surface area contributed by atoms with Gasteiger partial charge in [0.2, 0.25) is 0 Å². The average molecular weight is 313 g/mol. The molecule has 0 aliphatic heterocycles. The zero-order valence-corrected chi connectivity index (χ0v) is 11.9. The molecular formula is C15H12FN5O2. The van der Waals surface area contributed by atoms with Gasteiger partial charge in [-0.3, -0.25) is 9.89 Å². The number of nitrogens with zero attached hydrogens (tertiary/aromatic N) is 3. The number of anilines is 1. The molecule has 0 unspecified atom stereocenters. The number of carbonyl (C=O) groups excluding carboxylic acids is 1. The minimum atomic E-state index is -0.537. The zero-order chi connectivity index (χ0) is 15.8. The van der Waals surface area contributed by atoms with E-state index in [0.717, 1.165) is 18.5 Å². The third-order valence-electron chi connectivity index (χ3n) is 3.56. The summed E-state index contributed by atoms with van der Waals surface area (Å²) in [6.45, 7) is 0. The number of aromatic nitrogens is 4. The zero-order valence-electron chi connectivity index (χ0n) is 11.9. The van der Waals surface area contributed by atoms with Crippen LogP contribution >= 0.6 is 0 Å². The number of hydrogen-bond donors (Lipinski definition) is 2. The average Bonchev–Trinajstić information content (AvgIpc) is 3.09. The largest absolute Gasteiger partial charge is 0.333 e. The van der Waals surface area contributed by atoms with Crippen LogP contribution in [-0.2, 0) is 0 Å². The standard InChI is InChI=1S/C15H12FN5O2/c16-10-3-1-2-9(6-10)15-18-13(21-23-15)14(22)17-12-7-11(19-20-12)8-4-5-8/h1-3,6-8H,4-5H2,(H2,17,19,20,22). The van der Waals surface area contributed by atoms with Crippen molar-refractivity contribution < 1.29 is 13.7 Å². The summed E-state index contributed by atoms with van der Waals surface area (Å²) < 4.78 is 18.2. The number of benzene rings is 1. The Morgan fingerprint density at radius 1 is 1.35 bits per heavy atom. The van der Waals surface area contributed by atoms with Crippen LogP contribution in [0.2, 0.25) is 0 Å². The number of rotatable bonds is 4. The Hall–Kier alpha value is -3.03. The topological polar surface area (TPSA) is 96.7 Å². The lowest BCUT2D eigenvalue weighted by Crippen LogP contribution is -2.13. The van der Waals surface area contributed by atoms with Crippen LogP contribution in [0.4, 0.5) is 10.2 Å². The van der Waals surface area contributed by atoms with Crippen LogP contribution in [0.1, 0.15) is 35.1 Å². The van der Waals surface area contributed by atoms with Crippen molar-refractivity contribution in [2.45, 2.75) is 18.8 Å². The first-order valence-electron chi connectivity index (χ1n) is 7.15. The lowest BCUT2D eigenvalue weighted by atomic mass is 10.2. The Morgan fingerprint density at radius 3 is 3.00 bits per heavy atom. The van der Waals surface area contributed by atoms with Gasteiger partial charge in [0.25, 0.3) is 17.6 Å². The van der Waals surface area contributed by atoms with Crippen LogP contribution in [0, 0.1) is 5.82 Å². The highest BCUT2D eigenvalue weighted by Gasteiger charge is 2.26. The van der Waals surface area contributed by atoms with E-state index in [1.54, 1.807) is 12.1 Å². The Kier molecular flexibility index (Phi) is 3.14. The summed E-state index contributed by atoms with van der Waals surface area (Å²) in [4.78, 5) is 16.1. The Bertz CT molecular complexity index is 868. The van der Waals surface area contributed by atoms with Crippen LogP contribution in [0.5, 0.6) is 0 Å². The fourth-order valence-electron chi connectivity index (χ4n) is 2.23. The highest BCUT2D eigenvalue weighted by Crippen LogP contribution is 2.39. The second kappa shape index (κ2) is 5.31. The molecule has 1 saturated carbocycles. The second-order valence-electron chi connectivity index (χ2n) is 5.37. The van der Waals surface area contributed by atoms with E-state index in [2.05, 4.69) is 25.7 Å². The molecule has 1 aliphatic carbocycles. The number of hydrogen-bond acceptors (Lipinski definition) is 5. The van der Waals surface area contributed by atoms with Crippen LogP contribution in [0.3, 0.4) is 0 Å². The van der Waals surface area contributed by atoms with Gasteiger partial charge in [-0.25, -0.2) is 4.39 Å². The van der Waals surface area contributed by atoms with Gasteiger partial charge in [-0.2, -0.15) is 10.1 Å². The van der Waals surface area contributed by atoms with E-state index in [9.17, 15) is 9.18 Å². The van der Waals surface area contributed by atoms with Gasteiger partial charge < -0.3 is 9.84 Å². The molecule has 1 aliphatic rings. The lowest BCUT2D eigenvalue weighted by molar-refractivity contribution is 0.101. The first kappa shape index (κ1) is 13.6. The molecule has 0 atom stereocenters. The monoisotopic (exact) mass is 313 g/mol. The number of carbonyl (C=O) groups is 1. The van der Waals surface area contributed by atoms with Crippen molar-refractivity contribution in [1.29, 1.82) is 0 Å². The maximum atomic E-state index is 13.2. The van der Waals surface area contributed by atoms with Gasteiger partial charge in [0.1, 0.15) is 5.82 Å². The van der Waals surface area contributed by atoms with Crippen LogP contribution in [-0.4, -0.2) is 26.2 Å². The molecule has 0 radical (unpaired) electrons. The maximum absolute atomic E-state index is 13.2. The van der Waals surface area contributed by atoms with Crippen molar-refractivity contribution in [3.05, 3.63) is 47.7 Å². The lowest BCUT2D eigenvalue weighted by Gasteiger charge is -1.95. The molecule has 0 saturated heterocycles. The molecule has 4 rings (SSSR count). The number of H-pyrrole nitrogens is 1. The van der Waals surface area contributed by atoms with E-state index in [-0.39, 0.29) is 11.7 Å². The molecule has 1 fully saturated rings. The Balaban J connectivity index is 1.50. The second-order valence-corrected chi connectivity index (χ2v) is 5.37. The van der Waals surface area contributed by atoms with E-state index in [1.165, 1.54) is 18.2 Å². The summed E-state index contributed by atoms with van der Waals surface area (Å²) in [5.74, 6) is -0.0939. The van der Waals surface area contributed by atoms with Crippen LogP contribution in [0.15, 0.2) is 34.9 Å². The Morgan fingerprint density at radius 2 is 2.22 bits per heavy atom. The van der Waals surface area contributed by atoms with Crippen molar-refractivity contribution >= 4 is 11.7 Å². The minimum absolute atomic E-state index is 0.0790. The first-order valence-corrected chi connectivity index (χ1v) is 7.15. The van der Waals surface area contributed by atoms with Gasteiger partial charge in [0.15, 0.2) is 5.82 Å². The molecule has 0 bridgehead atoms. The summed E-state index contributed by atoms with van der Waals surface area (Å²) in [6, 6.07) is 7.50. The predicted molar refractivity (Wildman–Crippen MR) is 78.2 cm³/mol. The van der Waals surface area contributed by atoms with Gasteiger partial charge in [0, 0.05) is 23.2 Å². The molecule has 1 aromatic carbocycles. The van der Waals surface area contributed by atoms with E-state index in [1.807, 2.05) is 0 Å². The number of amides is 1. The molecule has 116 valence electrons. The fraction of sp³-hybridized carbons (Fsp3) is 0.200. The third-order valence-corrected chi connectivity index (χ3v) is 3.56. The van der Waals surface area contributed by atoms with Crippen molar-refractivity contribution in [3.8, 4) is 11.5 Å². The van der Waals surface area contributed by atoms with E-state index in [4.69, 9.17) is 4.52 Å². The normalized spacial score (nSPS) is 14.0. The highest BCUT2D eigenvalue weighted by molar-refractivity contribution is 6.01. The fourth-order valence-corrected chi connectivity index (χ4v) is 2.23. The number of halogens is 1. The smallest absolute Gasteiger partial charge is 0.298 e. The minimum Gasteiger partial charge on any atom is -0.333 e. The van der Waals surface area contributed by atoms with Gasteiger partial charge in [0.05, 0.1) is 0 Å². The van der Waals surface area contributed by atoms with E-state index >= 15 is 0 Å². The molecule has 23 heavy (non-hydrogen) atoms. The SMILES string of the molecule is O=C(Nc1cc(C2CC2)[nH]n1)c1noc(-c2cccc(F)c2)n1. The third kappa shape index (κ3) is 2.83. The van der Waals surface area contributed by atoms with Crippen LogP contribution in [0.25, 0.3) is 11.5 Å². The Labute approximate surface area is 129 Å². The summed E-state index contributed by atoms with van der Waals surface area (Å²) in [6.07, 6.45) is 2.27. The quantitative estimate of drug-likeness (QED) is 0.772. The van der Waals surface area contributed by atoms with Gasteiger partial charge in [-0.1, -0.05) is 11.2 Å².